The molecule has 117 valence electrons. The highest BCUT2D eigenvalue weighted by Gasteiger charge is 2.30. The van der Waals surface area contributed by atoms with Crippen LogP contribution in [0.25, 0.3) is 11.1 Å². The third kappa shape index (κ3) is 2.52. The van der Waals surface area contributed by atoms with Crippen LogP contribution >= 0.6 is 0 Å². The number of nitrogens with zero attached hydrogens (tertiary/aromatic N) is 4. The van der Waals surface area contributed by atoms with E-state index < -0.39 is 0 Å². The zero-order chi connectivity index (χ0) is 16.5. The molecule has 1 aliphatic rings. The second kappa shape index (κ2) is 6.00. The van der Waals surface area contributed by atoms with Gasteiger partial charge in [0.1, 0.15) is 5.82 Å². The SMILES string of the molecule is CC(C)N1[B]N(c2ccc(-c3ccncc3)cn2)c2ccccc21. The van der Waals surface area contributed by atoms with E-state index in [1.807, 2.05) is 18.3 Å². The third-order valence-electron chi connectivity index (χ3n) is 4.22. The van der Waals surface area contributed by atoms with E-state index in [4.69, 9.17) is 0 Å². The smallest absolute Gasteiger partial charge is 0.395 e. The van der Waals surface area contributed by atoms with Crippen molar-refractivity contribution in [1.29, 1.82) is 0 Å². The Labute approximate surface area is 143 Å². The predicted octanol–water partition coefficient (Wildman–Crippen LogP) is 4.04. The van der Waals surface area contributed by atoms with Crippen LogP contribution < -0.4 is 9.62 Å². The lowest BCUT2D eigenvalue weighted by molar-refractivity contribution is 0.829. The Kier molecular flexibility index (Phi) is 3.69. The summed E-state index contributed by atoms with van der Waals surface area (Å²) in [7, 11) is 2.13. The zero-order valence-electron chi connectivity index (χ0n) is 13.8. The monoisotopic (exact) mass is 313 g/mol. The normalized spacial score (nSPS) is 13.1. The second-order valence-electron chi connectivity index (χ2n) is 6.12. The Morgan fingerprint density at radius 3 is 2.29 bits per heavy atom. The van der Waals surface area contributed by atoms with Gasteiger partial charge in [-0.15, -0.1) is 0 Å². The van der Waals surface area contributed by atoms with Gasteiger partial charge in [-0.2, -0.15) is 0 Å². The van der Waals surface area contributed by atoms with Crippen molar-refractivity contribution < 1.29 is 0 Å². The summed E-state index contributed by atoms with van der Waals surface area (Å²) in [5, 5.41) is 0. The molecule has 3 aromatic rings. The van der Waals surface area contributed by atoms with Gasteiger partial charge in [-0.3, -0.25) is 4.98 Å². The fourth-order valence-electron chi connectivity index (χ4n) is 2.97. The molecular weight excluding hydrogens is 295 g/mol. The molecule has 0 saturated heterocycles. The molecular formula is C19H18BN4. The molecule has 4 rings (SSSR count). The van der Waals surface area contributed by atoms with Crippen molar-refractivity contribution in [2.45, 2.75) is 19.9 Å². The topological polar surface area (TPSA) is 32.3 Å². The molecule has 24 heavy (non-hydrogen) atoms. The number of aromatic nitrogens is 2. The summed E-state index contributed by atoms with van der Waals surface area (Å²) in [6.45, 7) is 4.38. The lowest BCUT2D eigenvalue weighted by Crippen LogP contribution is -2.37. The van der Waals surface area contributed by atoms with Crippen LogP contribution in [0.15, 0.2) is 67.1 Å². The van der Waals surface area contributed by atoms with E-state index in [0.717, 1.165) is 22.6 Å². The zero-order valence-corrected chi connectivity index (χ0v) is 13.8. The van der Waals surface area contributed by atoms with Gasteiger partial charge in [0.2, 0.25) is 0 Å². The summed E-state index contributed by atoms with van der Waals surface area (Å²) in [5.41, 5.74) is 4.59. The first-order valence-electron chi connectivity index (χ1n) is 8.12. The van der Waals surface area contributed by atoms with Crippen molar-refractivity contribution in [3.63, 3.8) is 0 Å². The molecule has 0 atom stereocenters. The van der Waals surface area contributed by atoms with Gasteiger partial charge in [0, 0.05) is 35.9 Å². The van der Waals surface area contributed by atoms with Gasteiger partial charge < -0.3 is 9.62 Å². The van der Waals surface area contributed by atoms with Crippen molar-refractivity contribution in [3.05, 3.63) is 67.1 Å². The summed E-state index contributed by atoms with van der Waals surface area (Å²) >= 11 is 0. The van der Waals surface area contributed by atoms with E-state index in [0.29, 0.717) is 6.04 Å². The van der Waals surface area contributed by atoms with Gasteiger partial charge in [0.05, 0.1) is 5.69 Å². The molecule has 0 saturated carbocycles. The fraction of sp³-hybridized carbons (Fsp3) is 0.158. The van der Waals surface area contributed by atoms with Crippen molar-refractivity contribution >= 4 is 24.7 Å². The molecule has 0 N–H and O–H groups in total. The number of hydrogen-bond donors (Lipinski definition) is 0. The molecule has 3 heterocycles. The quantitative estimate of drug-likeness (QED) is 0.683. The highest BCUT2D eigenvalue weighted by Crippen LogP contribution is 2.39. The molecule has 5 heteroatoms. The maximum absolute atomic E-state index is 4.68. The minimum Gasteiger partial charge on any atom is -0.395 e. The van der Waals surface area contributed by atoms with Gasteiger partial charge in [0.25, 0.3) is 0 Å². The van der Waals surface area contributed by atoms with Crippen LogP contribution in [0.5, 0.6) is 0 Å². The van der Waals surface area contributed by atoms with Crippen LogP contribution in [0.4, 0.5) is 17.2 Å². The Balaban J connectivity index is 1.67. The highest BCUT2D eigenvalue weighted by atomic mass is 15.3. The van der Waals surface area contributed by atoms with Crippen molar-refractivity contribution in [2.24, 2.45) is 0 Å². The van der Waals surface area contributed by atoms with E-state index in [9.17, 15) is 0 Å². The Hall–Kier alpha value is -2.82. The second-order valence-corrected chi connectivity index (χ2v) is 6.12. The summed E-state index contributed by atoms with van der Waals surface area (Å²) in [6, 6.07) is 17.0. The number of para-hydroxylation sites is 2. The molecule has 0 amide bonds. The summed E-state index contributed by atoms with van der Waals surface area (Å²) in [4.78, 5) is 13.2. The summed E-state index contributed by atoms with van der Waals surface area (Å²) in [5.74, 6) is 0.920. The van der Waals surface area contributed by atoms with Gasteiger partial charge in [-0.1, -0.05) is 12.1 Å². The third-order valence-corrected chi connectivity index (χ3v) is 4.22. The molecule has 0 fully saturated rings. The van der Waals surface area contributed by atoms with Gasteiger partial charge in [0.15, 0.2) is 0 Å². The van der Waals surface area contributed by atoms with Crippen LogP contribution in [0, 0.1) is 0 Å². The molecule has 4 nitrogen and oxygen atoms in total. The largest absolute Gasteiger partial charge is 0.397 e. The number of benzene rings is 1. The summed E-state index contributed by atoms with van der Waals surface area (Å²) < 4.78 is 0. The molecule has 0 spiro atoms. The van der Waals surface area contributed by atoms with Crippen molar-refractivity contribution in [2.75, 3.05) is 9.62 Å². The molecule has 0 bridgehead atoms. The molecule has 0 aliphatic carbocycles. The van der Waals surface area contributed by atoms with Gasteiger partial charge in [-0.25, -0.2) is 4.98 Å². The molecule has 1 aromatic carbocycles. The predicted molar refractivity (Wildman–Crippen MR) is 99.4 cm³/mol. The van der Waals surface area contributed by atoms with E-state index in [1.54, 1.807) is 12.4 Å². The first kappa shape index (κ1) is 14.8. The summed E-state index contributed by atoms with van der Waals surface area (Å²) in [6.07, 6.45) is 5.52. The first-order valence-corrected chi connectivity index (χ1v) is 8.12. The molecule has 2 aromatic heterocycles. The highest BCUT2D eigenvalue weighted by molar-refractivity contribution is 6.53. The number of anilines is 3. The van der Waals surface area contributed by atoms with Crippen LogP contribution in [0.3, 0.4) is 0 Å². The van der Waals surface area contributed by atoms with Gasteiger partial charge >= 0.3 is 7.55 Å². The Bertz CT molecular complexity index is 834. The standard InChI is InChI=1S/C19H18BN4/c1-14(2)23-17-5-3-4-6-18(17)24(20-23)19-8-7-16(13-22-19)15-9-11-21-12-10-15/h3-14H,1-2H3. The van der Waals surface area contributed by atoms with Crippen molar-refractivity contribution in [1.82, 2.24) is 9.97 Å². The minimum atomic E-state index is 0.396. The molecule has 1 radical (unpaired) electrons. The average molecular weight is 313 g/mol. The van der Waals surface area contributed by atoms with Crippen LogP contribution in [0.1, 0.15) is 13.8 Å². The van der Waals surface area contributed by atoms with Gasteiger partial charge in [-0.05, 0) is 55.8 Å². The maximum atomic E-state index is 4.68. The maximum Gasteiger partial charge on any atom is 0.397 e. The first-order chi connectivity index (χ1) is 11.7. The van der Waals surface area contributed by atoms with Crippen LogP contribution in [0.2, 0.25) is 0 Å². The lowest BCUT2D eigenvalue weighted by Gasteiger charge is -2.23. The van der Waals surface area contributed by atoms with E-state index >= 15 is 0 Å². The van der Waals surface area contributed by atoms with E-state index in [1.165, 1.54) is 5.69 Å². The molecule has 1 aliphatic heterocycles. The Morgan fingerprint density at radius 1 is 0.875 bits per heavy atom. The van der Waals surface area contributed by atoms with Crippen LogP contribution in [-0.4, -0.2) is 23.6 Å². The number of hydrogen-bond acceptors (Lipinski definition) is 4. The van der Waals surface area contributed by atoms with Crippen molar-refractivity contribution in [3.8, 4) is 11.1 Å². The van der Waals surface area contributed by atoms with E-state index in [-0.39, 0.29) is 0 Å². The van der Waals surface area contributed by atoms with E-state index in [2.05, 4.69) is 77.4 Å². The minimum absolute atomic E-state index is 0.396. The number of fused-ring (bicyclic) bond motifs is 1. The number of rotatable bonds is 3. The van der Waals surface area contributed by atoms with Crippen LogP contribution in [-0.2, 0) is 0 Å². The number of pyridine rings is 2. The Morgan fingerprint density at radius 2 is 1.62 bits per heavy atom. The average Bonchev–Trinajstić information content (AvgIpc) is 3.03. The molecule has 0 unspecified atom stereocenters. The fourth-order valence-corrected chi connectivity index (χ4v) is 2.97. The lowest BCUT2D eigenvalue weighted by atomic mass is 10.0.